The molecule has 5 nitrogen and oxygen atoms in total. The monoisotopic (exact) mass is 251 g/mol. The van der Waals surface area contributed by atoms with Gasteiger partial charge in [0.1, 0.15) is 18.1 Å². The molecule has 1 aromatic heterocycles. The molecule has 0 saturated carbocycles. The van der Waals surface area contributed by atoms with Gasteiger partial charge in [-0.2, -0.15) is 0 Å². The van der Waals surface area contributed by atoms with E-state index in [4.69, 9.17) is 9.84 Å². The van der Waals surface area contributed by atoms with Gasteiger partial charge in [0.2, 0.25) is 0 Å². The molecule has 0 bridgehead atoms. The van der Waals surface area contributed by atoms with Crippen LogP contribution in [0, 0.1) is 0 Å². The number of carbonyl (C=O) groups is 1. The summed E-state index contributed by atoms with van der Waals surface area (Å²) in [4.78, 5) is 14.0. The van der Waals surface area contributed by atoms with Gasteiger partial charge in [0.25, 0.3) is 0 Å². The highest BCUT2D eigenvalue weighted by Crippen LogP contribution is 2.16. The average Bonchev–Trinajstić information content (AvgIpc) is 2.24. The second-order valence-electron chi connectivity index (χ2n) is 2.83. The van der Waals surface area contributed by atoms with Crippen LogP contribution in [0.25, 0.3) is 0 Å². The molecule has 0 aromatic carbocycles. The Bertz CT molecular complexity index is 377. The molecule has 1 heterocycles. The van der Waals surface area contributed by atoms with E-state index in [9.17, 15) is 18.0 Å². The largest absolute Gasteiger partial charge is 0.522 e. The Labute approximate surface area is 93.8 Å². The third-order valence-corrected chi connectivity index (χ3v) is 1.57. The summed E-state index contributed by atoms with van der Waals surface area (Å²) < 4.78 is 43.0. The van der Waals surface area contributed by atoms with Crippen LogP contribution in [0.1, 0.15) is 10.5 Å². The highest BCUT2D eigenvalue weighted by atomic mass is 19.4. The summed E-state index contributed by atoms with van der Waals surface area (Å²) in [5.74, 6) is -1.03. The first kappa shape index (κ1) is 13.2. The van der Waals surface area contributed by atoms with Gasteiger partial charge in [-0.05, 0) is 12.1 Å². The van der Waals surface area contributed by atoms with Gasteiger partial charge < -0.3 is 9.84 Å². The number of aromatic carboxylic acids is 1. The van der Waals surface area contributed by atoms with Crippen molar-refractivity contribution in [1.82, 2.24) is 4.98 Å². The SMILES string of the molecule is O=C(O)c1ccc(OCCOC(F)(F)F)cn1. The summed E-state index contributed by atoms with van der Waals surface area (Å²) in [7, 11) is 0. The predicted octanol–water partition coefficient (Wildman–Crippen LogP) is 1.70. The van der Waals surface area contributed by atoms with Gasteiger partial charge in [0.15, 0.2) is 0 Å². The maximum Gasteiger partial charge on any atom is 0.522 e. The first-order chi connectivity index (χ1) is 7.88. The van der Waals surface area contributed by atoms with E-state index in [1.807, 2.05) is 0 Å². The Morgan fingerprint density at radius 3 is 2.53 bits per heavy atom. The highest BCUT2D eigenvalue weighted by molar-refractivity contribution is 5.85. The third-order valence-electron chi connectivity index (χ3n) is 1.57. The molecule has 94 valence electrons. The molecular weight excluding hydrogens is 243 g/mol. The molecule has 0 amide bonds. The van der Waals surface area contributed by atoms with Gasteiger partial charge in [0.05, 0.1) is 12.8 Å². The lowest BCUT2D eigenvalue weighted by molar-refractivity contribution is -0.325. The highest BCUT2D eigenvalue weighted by Gasteiger charge is 2.28. The number of alkyl halides is 3. The number of hydrogen-bond acceptors (Lipinski definition) is 4. The van der Waals surface area contributed by atoms with Crippen molar-refractivity contribution in [3.8, 4) is 5.75 Å². The van der Waals surface area contributed by atoms with Crippen LogP contribution in [0.3, 0.4) is 0 Å². The number of rotatable bonds is 5. The fourth-order valence-corrected chi connectivity index (χ4v) is 0.909. The van der Waals surface area contributed by atoms with E-state index in [0.717, 1.165) is 6.20 Å². The molecule has 0 radical (unpaired) electrons. The lowest BCUT2D eigenvalue weighted by atomic mass is 10.3. The topological polar surface area (TPSA) is 68.7 Å². The molecule has 0 unspecified atom stereocenters. The molecule has 17 heavy (non-hydrogen) atoms. The average molecular weight is 251 g/mol. The van der Waals surface area contributed by atoms with Crippen molar-refractivity contribution in [2.75, 3.05) is 13.2 Å². The van der Waals surface area contributed by atoms with E-state index < -0.39 is 18.9 Å². The minimum Gasteiger partial charge on any atom is -0.490 e. The molecule has 1 aromatic rings. The first-order valence-corrected chi connectivity index (χ1v) is 4.41. The molecule has 8 heteroatoms. The van der Waals surface area contributed by atoms with Crippen LogP contribution in [0.5, 0.6) is 5.75 Å². The van der Waals surface area contributed by atoms with Crippen molar-refractivity contribution in [2.45, 2.75) is 6.36 Å². The molecule has 0 aliphatic rings. The van der Waals surface area contributed by atoms with Crippen LogP contribution < -0.4 is 4.74 Å². The van der Waals surface area contributed by atoms with E-state index in [0.29, 0.717) is 0 Å². The van der Waals surface area contributed by atoms with E-state index in [1.54, 1.807) is 0 Å². The summed E-state index contributed by atoms with van der Waals surface area (Å²) in [5.41, 5.74) is -0.177. The standard InChI is InChI=1S/C9H8F3NO4/c10-9(11,12)17-4-3-16-6-1-2-7(8(14)15)13-5-6/h1-2,5H,3-4H2,(H,14,15). The molecule has 0 fully saturated rings. The van der Waals surface area contributed by atoms with E-state index >= 15 is 0 Å². The zero-order chi connectivity index (χ0) is 12.9. The Morgan fingerprint density at radius 1 is 1.35 bits per heavy atom. The quantitative estimate of drug-likeness (QED) is 0.806. The lowest BCUT2D eigenvalue weighted by Gasteiger charge is -2.08. The molecule has 1 rings (SSSR count). The van der Waals surface area contributed by atoms with Gasteiger partial charge >= 0.3 is 12.3 Å². The third kappa shape index (κ3) is 5.16. The summed E-state index contributed by atoms with van der Waals surface area (Å²) in [5, 5.41) is 8.53. The predicted molar refractivity (Wildman–Crippen MR) is 48.7 cm³/mol. The maximum atomic E-state index is 11.6. The van der Waals surface area contributed by atoms with Gasteiger partial charge in [0, 0.05) is 0 Å². The smallest absolute Gasteiger partial charge is 0.490 e. The maximum absolute atomic E-state index is 11.6. The number of hydrogen-bond donors (Lipinski definition) is 1. The summed E-state index contributed by atoms with van der Waals surface area (Å²) in [6, 6.07) is 2.48. The number of carboxylic acid groups (broad SMARTS) is 1. The van der Waals surface area contributed by atoms with Crippen molar-refractivity contribution < 1.29 is 32.5 Å². The van der Waals surface area contributed by atoms with Crippen molar-refractivity contribution in [2.24, 2.45) is 0 Å². The van der Waals surface area contributed by atoms with Crippen molar-refractivity contribution in [3.63, 3.8) is 0 Å². The van der Waals surface area contributed by atoms with Gasteiger partial charge in [-0.1, -0.05) is 0 Å². The Morgan fingerprint density at radius 2 is 2.06 bits per heavy atom. The summed E-state index contributed by atoms with van der Waals surface area (Å²) >= 11 is 0. The van der Waals surface area contributed by atoms with Gasteiger partial charge in [-0.25, -0.2) is 9.78 Å². The molecule has 1 N–H and O–H groups in total. The molecule has 0 atom stereocenters. The minimum absolute atomic E-state index is 0.167. The molecule has 0 saturated heterocycles. The van der Waals surface area contributed by atoms with E-state index in [-0.39, 0.29) is 18.1 Å². The van der Waals surface area contributed by atoms with E-state index in [2.05, 4.69) is 9.72 Å². The normalized spacial score (nSPS) is 11.2. The van der Waals surface area contributed by atoms with Crippen LogP contribution >= 0.6 is 0 Å². The second-order valence-corrected chi connectivity index (χ2v) is 2.83. The molecule has 0 aliphatic carbocycles. The number of nitrogens with zero attached hydrogens (tertiary/aromatic N) is 1. The Balaban J connectivity index is 2.35. The van der Waals surface area contributed by atoms with Crippen molar-refractivity contribution in [1.29, 1.82) is 0 Å². The van der Waals surface area contributed by atoms with Gasteiger partial charge in [-0.3, -0.25) is 4.74 Å². The number of pyridine rings is 1. The lowest BCUT2D eigenvalue weighted by Crippen LogP contribution is -2.18. The van der Waals surface area contributed by atoms with E-state index in [1.165, 1.54) is 12.1 Å². The van der Waals surface area contributed by atoms with Crippen LogP contribution in [0.4, 0.5) is 13.2 Å². The Hall–Kier alpha value is -1.83. The number of ether oxygens (including phenoxy) is 2. The second kappa shape index (κ2) is 5.48. The van der Waals surface area contributed by atoms with Crippen LogP contribution in [0.2, 0.25) is 0 Å². The Kier molecular flexibility index (Phi) is 4.27. The van der Waals surface area contributed by atoms with Crippen LogP contribution in [-0.4, -0.2) is 35.6 Å². The van der Waals surface area contributed by atoms with Crippen molar-refractivity contribution >= 4 is 5.97 Å². The summed E-state index contributed by atoms with van der Waals surface area (Å²) in [6.45, 7) is -0.961. The summed E-state index contributed by atoms with van der Waals surface area (Å²) in [6.07, 6.45) is -3.58. The molecular formula is C9H8F3NO4. The fraction of sp³-hybridized carbons (Fsp3) is 0.333. The fourth-order valence-electron chi connectivity index (χ4n) is 0.909. The number of carboxylic acids is 1. The zero-order valence-electron chi connectivity index (χ0n) is 8.40. The van der Waals surface area contributed by atoms with Crippen LogP contribution in [0.15, 0.2) is 18.3 Å². The van der Waals surface area contributed by atoms with Crippen LogP contribution in [-0.2, 0) is 4.74 Å². The first-order valence-electron chi connectivity index (χ1n) is 4.41. The molecule has 0 aliphatic heterocycles. The number of aromatic nitrogens is 1. The van der Waals surface area contributed by atoms with Crippen molar-refractivity contribution in [3.05, 3.63) is 24.0 Å². The molecule has 0 spiro atoms. The van der Waals surface area contributed by atoms with Gasteiger partial charge in [-0.15, -0.1) is 13.2 Å². The minimum atomic E-state index is -4.69. The number of halogens is 3. The zero-order valence-corrected chi connectivity index (χ0v) is 8.40.